The molecule has 0 radical (unpaired) electrons. The molecule has 6 atom stereocenters. The van der Waals surface area contributed by atoms with Crippen LogP contribution >= 0.6 is 0 Å². The zero-order valence-corrected chi connectivity index (χ0v) is 32.4. The predicted molar refractivity (Wildman–Crippen MR) is 222 cm³/mol. The van der Waals surface area contributed by atoms with Crippen molar-refractivity contribution in [2.24, 2.45) is 29.6 Å². The lowest BCUT2D eigenvalue weighted by atomic mass is 9.48. The Morgan fingerprint density at radius 2 is 1.58 bits per heavy atom. The van der Waals surface area contributed by atoms with Crippen molar-refractivity contribution in [3.05, 3.63) is 162 Å². The second-order valence-electron chi connectivity index (χ2n) is 16.4. The van der Waals surface area contributed by atoms with Gasteiger partial charge < -0.3 is 14.3 Å². The third-order valence-electron chi connectivity index (χ3n) is 13.2. The molecule has 2 aliphatic carbocycles. The number of hydrogen-bond acceptors (Lipinski definition) is 9. The van der Waals surface area contributed by atoms with Crippen molar-refractivity contribution in [2.45, 2.75) is 31.6 Å². The fraction of sp³-hybridized carbons (Fsp3) is 0.204. The number of ether oxygens (including phenoxy) is 1. The van der Waals surface area contributed by atoms with E-state index < -0.39 is 46.8 Å². The van der Waals surface area contributed by atoms with Gasteiger partial charge in [-0.1, -0.05) is 71.8 Å². The fourth-order valence-electron chi connectivity index (χ4n) is 10.6. The molecule has 2 N–H and O–H groups in total. The maximum Gasteiger partial charge on any atom is 0.260 e. The molecule has 0 spiro atoms. The number of amides is 4. The van der Waals surface area contributed by atoms with Gasteiger partial charge in [-0.25, -0.2) is 4.98 Å². The van der Waals surface area contributed by atoms with E-state index in [-0.39, 0.29) is 30.4 Å². The number of aromatic hydroxyl groups is 1. The summed E-state index contributed by atoms with van der Waals surface area (Å²) in [6.45, 7) is 1.96. The van der Waals surface area contributed by atoms with Gasteiger partial charge >= 0.3 is 0 Å². The summed E-state index contributed by atoms with van der Waals surface area (Å²) >= 11 is 0. The van der Waals surface area contributed by atoms with Gasteiger partial charge in [0.25, 0.3) is 11.8 Å². The maximum absolute atomic E-state index is 15.5. The number of rotatable bonds is 6. The van der Waals surface area contributed by atoms with E-state index >= 15 is 9.59 Å². The minimum Gasteiger partial charge on any atom is -0.508 e. The number of fused-ring (bicyclic) bond motifs is 6. The highest BCUT2D eigenvalue weighted by Gasteiger charge is 2.70. The van der Waals surface area contributed by atoms with E-state index in [0.29, 0.717) is 46.1 Å². The van der Waals surface area contributed by atoms with Crippen LogP contribution in [0.15, 0.2) is 149 Å². The van der Waals surface area contributed by atoms with Crippen molar-refractivity contribution in [1.82, 2.24) is 9.99 Å². The number of hydrazine groups is 1. The fourth-order valence-corrected chi connectivity index (χ4v) is 10.6. The largest absolute Gasteiger partial charge is 0.508 e. The highest BCUT2D eigenvalue weighted by molar-refractivity contribution is 6.22. The van der Waals surface area contributed by atoms with Gasteiger partial charge in [-0.2, -0.15) is 5.01 Å². The number of hydrogen-bond donors (Lipinski definition) is 2. The van der Waals surface area contributed by atoms with Crippen LogP contribution in [0.25, 0.3) is 22.6 Å². The van der Waals surface area contributed by atoms with Gasteiger partial charge in [0.2, 0.25) is 17.7 Å². The van der Waals surface area contributed by atoms with Gasteiger partial charge in [0.1, 0.15) is 17.0 Å². The normalized spacial score (nSPS) is 25.6. The SMILES string of the molecule is Cc1ccc(NN2C(=O)C3CC4C(=CCC5C(=O)N(c6ccc(-c7nc8ccccc8o7)cc6)C(=O)C54)C(C4=COc5ccc(O)cc5C4)C3(c3ccccc3)C2=O)cc1. The topological polar surface area (TPSA) is 142 Å². The van der Waals surface area contributed by atoms with E-state index in [0.717, 1.165) is 32.8 Å². The van der Waals surface area contributed by atoms with Crippen LogP contribution in [-0.4, -0.2) is 38.7 Å². The number of benzene rings is 5. The summed E-state index contributed by atoms with van der Waals surface area (Å²) in [6.07, 6.45) is 4.48. The van der Waals surface area contributed by atoms with Crippen LogP contribution in [0, 0.1) is 36.5 Å². The number of imide groups is 2. The van der Waals surface area contributed by atoms with Gasteiger partial charge in [-0.15, -0.1) is 0 Å². The first-order chi connectivity index (χ1) is 29.2. The molecule has 1 saturated carbocycles. The number of anilines is 2. The van der Waals surface area contributed by atoms with Crippen LogP contribution in [0.2, 0.25) is 0 Å². The lowest BCUT2D eigenvalue weighted by molar-refractivity contribution is -0.139. The zero-order chi connectivity index (χ0) is 40.9. The molecule has 11 heteroatoms. The molecule has 60 heavy (non-hydrogen) atoms. The quantitative estimate of drug-likeness (QED) is 0.127. The van der Waals surface area contributed by atoms with E-state index in [4.69, 9.17) is 9.15 Å². The first kappa shape index (κ1) is 35.9. The average molecular weight is 795 g/mol. The number of nitrogens with zero attached hydrogens (tertiary/aromatic N) is 3. The lowest BCUT2D eigenvalue weighted by Gasteiger charge is -2.51. The molecule has 3 fully saturated rings. The van der Waals surface area contributed by atoms with Crippen LogP contribution in [0.4, 0.5) is 11.4 Å². The number of aryl methyl sites for hydroxylation is 1. The van der Waals surface area contributed by atoms with Gasteiger partial charge in [0.05, 0.1) is 40.8 Å². The summed E-state index contributed by atoms with van der Waals surface area (Å²) in [4.78, 5) is 65.7. The second kappa shape index (κ2) is 13.4. The number of phenols is 1. The van der Waals surface area contributed by atoms with Crippen molar-refractivity contribution < 1.29 is 33.4 Å². The van der Waals surface area contributed by atoms with Gasteiger partial charge in [-0.3, -0.25) is 29.5 Å². The summed E-state index contributed by atoms with van der Waals surface area (Å²) in [6, 6.07) is 36.3. The van der Waals surface area contributed by atoms with Gasteiger partial charge in [-0.05, 0) is 104 Å². The van der Waals surface area contributed by atoms with Crippen molar-refractivity contribution in [3.8, 4) is 23.0 Å². The molecule has 0 bridgehead atoms. The third kappa shape index (κ3) is 5.24. The predicted octanol–water partition coefficient (Wildman–Crippen LogP) is 8.05. The van der Waals surface area contributed by atoms with E-state index in [1.54, 1.807) is 48.7 Å². The molecule has 6 aromatic rings. The Morgan fingerprint density at radius 3 is 2.37 bits per heavy atom. The lowest BCUT2D eigenvalue weighted by Crippen LogP contribution is -2.55. The van der Waals surface area contributed by atoms with E-state index in [9.17, 15) is 14.7 Å². The summed E-state index contributed by atoms with van der Waals surface area (Å²) < 4.78 is 12.2. The molecule has 4 heterocycles. The number of carbonyl (C=O) groups excluding carboxylic acids is 4. The second-order valence-corrected chi connectivity index (χ2v) is 16.4. The van der Waals surface area contributed by atoms with Crippen LogP contribution in [0.3, 0.4) is 0 Å². The number of nitrogens with one attached hydrogen (secondary N) is 1. The number of allylic oxidation sites excluding steroid dienone is 3. The Balaban J connectivity index is 1.01. The summed E-state index contributed by atoms with van der Waals surface area (Å²) in [5.41, 5.74) is 8.83. The van der Waals surface area contributed by atoms with Crippen molar-refractivity contribution in [3.63, 3.8) is 0 Å². The van der Waals surface area contributed by atoms with E-state index in [2.05, 4.69) is 10.4 Å². The highest BCUT2D eigenvalue weighted by Crippen LogP contribution is 2.63. The molecule has 11 nitrogen and oxygen atoms in total. The third-order valence-corrected chi connectivity index (χ3v) is 13.2. The number of carbonyl (C=O) groups is 4. The Labute approximate surface area is 344 Å². The molecule has 5 aliphatic rings. The number of aromatic nitrogens is 1. The zero-order valence-electron chi connectivity index (χ0n) is 32.4. The van der Waals surface area contributed by atoms with Crippen molar-refractivity contribution >= 4 is 46.1 Å². The van der Waals surface area contributed by atoms with Crippen LogP contribution in [0.1, 0.15) is 29.5 Å². The van der Waals surface area contributed by atoms with Crippen molar-refractivity contribution in [1.29, 1.82) is 0 Å². The Bertz CT molecular complexity index is 2810. The Morgan fingerprint density at radius 1 is 0.817 bits per heavy atom. The number of oxazole rings is 1. The molecular formula is C49H38N4O7. The van der Waals surface area contributed by atoms with Crippen LogP contribution in [-0.2, 0) is 31.0 Å². The summed E-state index contributed by atoms with van der Waals surface area (Å²) in [7, 11) is 0. The summed E-state index contributed by atoms with van der Waals surface area (Å²) in [5, 5.41) is 11.7. The molecule has 11 rings (SSSR count). The highest BCUT2D eigenvalue weighted by atomic mass is 16.5. The van der Waals surface area contributed by atoms with E-state index in [1.165, 1.54) is 4.90 Å². The smallest absolute Gasteiger partial charge is 0.260 e. The summed E-state index contributed by atoms with van der Waals surface area (Å²) in [5.74, 6) is -3.97. The van der Waals surface area contributed by atoms with Crippen molar-refractivity contribution in [2.75, 3.05) is 10.3 Å². The molecular weight excluding hydrogens is 757 g/mol. The standard InChI is InChI=1S/C49H38N4O7/c1-27-11-15-32(16-12-27)51-53-46(56)38-25-37-35(43(49(38,48(53)58)31-7-3-2-4-8-31)30-23-29-24-34(54)19-22-40(29)59-26-30)20-21-36-42(37)47(57)52(45(36)55)33-17-13-28(14-18-33)44-50-39-9-5-6-10-41(39)60-44/h2-20,22,24,26,36-38,42-43,51,54H,21,23,25H2,1H3. The van der Waals surface area contributed by atoms with Crippen LogP contribution < -0.4 is 15.1 Å². The van der Waals surface area contributed by atoms with Crippen LogP contribution in [0.5, 0.6) is 11.5 Å². The number of para-hydroxylation sites is 2. The minimum atomic E-state index is -1.43. The molecule has 3 aliphatic heterocycles. The van der Waals surface area contributed by atoms with Gasteiger partial charge in [0, 0.05) is 23.5 Å². The molecule has 296 valence electrons. The van der Waals surface area contributed by atoms with E-state index in [1.807, 2.05) is 91.9 Å². The maximum atomic E-state index is 15.5. The number of phenolic OH excluding ortho intramolecular Hbond substituents is 1. The molecule has 2 saturated heterocycles. The first-order valence-electron chi connectivity index (χ1n) is 20.2. The monoisotopic (exact) mass is 794 g/mol. The Kier molecular flexibility index (Phi) is 8.00. The average Bonchev–Trinajstić information content (AvgIpc) is 3.89. The molecule has 5 aromatic carbocycles. The minimum absolute atomic E-state index is 0.0770. The molecule has 1 aromatic heterocycles. The molecule has 6 unspecified atom stereocenters. The molecule has 4 amide bonds. The Hall–Kier alpha value is -7.27. The first-order valence-corrected chi connectivity index (χ1v) is 20.2. The van der Waals surface area contributed by atoms with Gasteiger partial charge in [0.15, 0.2) is 5.58 Å².